The summed E-state index contributed by atoms with van der Waals surface area (Å²) in [5.74, 6) is 0.791. The molecule has 0 fully saturated rings. The van der Waals surface area contributed by atoms with Crippen molar-refractivity contribution in [2.75, 3.05) is 6.61 Å². The molecular weight excluding hydrogens is 260 g/mol. The molecule has 0 N–H and O–H groups in total. The summed E-state index contributed by atoms with van der Waals surface area (Å²) in [6.45, 7) is 7.37. The normalized spacial score (nSPS) is 11.0. The quantitative estimate of drug-likeness (QED) is 0.263. The van der Waals surface area contributed by atoms with E-state index in [2.05, 4.69) is 20.8 Å². The number of hydrogen-bond acceptors (Lipinski definition) is 2. The second-order valence-corrected chi connectivity index (χ2v) is 6.69. The summed E-state index contributed by atoms with van der Waals surface area (Å²) in [6, 6.07) is 0. The number of carbonyl (C=O) groups is 1. The fourth-order valence-electron chi connectivity index (χ4n) is 2.49. The molecule has 0 aliphatic carbocycles. The summed E-state index contributed by atoms with van der Waals surface area (Å²) in [6.07, 6.45) is 15.5. The van der Waals surface area contributed by atoms with Crippen molar-refractivity contribution in [3.63, 3.8) is 0 Å². The molecule has 0 aliphatic rings. The molecule has 0 aromatic carbocycles. The van der Waals surface area contributed by atoms with Crippen LogP contribution in [-0.4, -0.2) is 12.6 Å². The highest BCUT2D eigenvalue weighted by Crippen LogP contribution is 2.10. The van der Waals surface area contributed by atoms with Crippen molar-refractivity contribution in [3.05, 3.63) is 0 Å². The third kappa shape index (κ3) is 17.4. The number of carbonyl (C=O) groups excluding carboxylic acids is 1. The molecule has 0 bridgehead atoms. The molecule has 2 heteroatoms. The molecule has 0 unspecified atom stereocenters. The fourth-order valence-corrected chi connectivity index (χ4v) is 2.49. The van der Waals surface area contributed by atoms with Crippen molar-refractivity contribution < 1.29 is 9.53 Å². The Balaban J connectivity index is 3.16. The van der Waals surface area contributed by atoms with Gasteiger partial charge in [0.05, 0.1) is 6.61 Å². The maximum atomic E-state index is 11.5. The highest BCUT2D eigenvalue weighted by molar-refractivity contribution is 5.69. The van der Waals surface area contributed by atoms with Crippen LogP contribution in [0.5, 0.6) is 0 Å². The molecule has 0 amide bonds. The van der Waals surface area contributed by atoms with E-state index in [1.807, 2.05) is 0 Å². The van der Waals surface area contributed by atoms with Crippen LogP contribution in [-0.2, 0) is 9.53 Å². The Morgan fingerprint density at radius 1 is 0.810 bits per heavy atom. The number of hydrogen-bond donors (Lipinski definition) is 0. The molecule has 126 valence electrons. The third-order valence-corrected chi connectivity index (χ3v) is 3.92. The fraction of sp³-hybridized carbons (Fsp3) is 0.947. The van der Waals surface area contributed by atoms with E-state index < -0.39 is 0 Å². The maximum Gasteiger partial charge on any atom is 0.305 e. The first-order valence-electron chi connectivity index (χ1n) is 9.32. The smallest absolute Gasteiger partial charge is 0.305 e. The summed E-state index contributed by atoms with van der Waals surface area (Å²) in [4.78, 5) is 11.5. The Kier molecular flexibility index (Phi) is 15.5. The molecule has 0 saturated carbocycles. The topological polar surface area (TPSA) is 26.3 Å². The largest absolute Gasteiger partial charge is 0.466 e. The van der Waals surface area contributed by atoms with Gasteiger partial charge in [-0.3, -0.25) is 4.79 Å². The second-order valence-electron chi connectivity index (χ2n) is 6.69. The molecule has 0 rings (SSSR count). The van der Waals surface area contributed by atoms with Crippen molar-refractivity contribution in [3.8, 4) is 0 Å². The van der Waals surface area contributed by atoms with Gasteiger partial charge in [-0.2, -0.15) is 0 Å². The van der Waals surface area contributed by atoms with Gasteiger partial charge in [0.1, 0.15) is 0 Å². The van der Waals surface area contributed by atoms with Crippen LogP contribution in [0, 0.1) is 5.92 Å². The predicted octanol–water partition coefficient (Wildman–Crippen LogP) is 6.28. The van der Waals surface area contributed by atoms with Crippen molar-refractivity contribution in [1.82, 2.24) is 0 Å². The van der Waals surface area contributed by atoms with Gasteiger partial charge in [0.2, 0.25) is 0 Å². The van der Waals surface area contributed by atoms with Crippen molar-refractivity contribution in [2.24, 2.45) is 5.92 Å². The summed E-state index contributed by atoms with van der Waals surface area (Å²) in [7, 11) is 0. The first kappa shape index (κ1) is 20.5. The number of esters is 1. The minimum absolute atomic E-state index is 0.00448. The number of rotatable bonds is 15. The second kappa shape index (κ2) is 15.9. The molecule has 0 aromatic rings. The Bertz CT molecular complexity index is 224. The van der Waals surface area contributed by atoms with Crippen molar-refractivity contribution in [1.29, 1.82) is 0 Å². The van der Waals surface area contributed by atoms with E-state index in [-0.39, 0.29) is 5.97 Å². The van der Waals surface area contributed by atoms with E-state index in [0.717, 1.165) is 18.8 Å². The summed E-state index contributed by atoms with van der Waals surface area (Å²) >= 11 is 0. The van der Waals surface area contributed by atoms with Gasteiger partial charge in [0.25, 0.3) is 0 Å². The Morgan fingerprint density at radius 2 is 1.38 bits per heavy atom. The average molecular weight is 299 g/mol. The van der Waals surface area contributed by atoms with Crippen LogP contribution < -0.4 is 0 Å². The van der Waals surface area contributed by atoms with Crippen LogP contribution in [0.2, 0.25) is 0 Å². The highest BCUT2D eigenvalue weighted by Gasteiger charge is 2.02. The summed E-state index contributed by atoms with van der Waals surface area (Å²) in [5.41, 5.74) is 0. The Morgan fingerprint density at radius 3 is 2.00 bits per heavy atom. The van der Waals surface area contributed by atoms with Crippen LogP contribution in [0.1, 0.15) is 104 Å². The molecule has 0 spiro atoms. The van der Waals surface area contributed by atoms with Gasteiger partial charge in [-0.25, -0.2) is 0 Å². The average Bonchev–Trinajstić information content (AvgIpc) is 2.45. The molecule has 0 heterocycles. The van der Waals surface area contributed by atoms with Gasteiger partial charge >= 0.3 is 5.97 Å². The van der Waals surface area contributed by atoms with Gasteiger partial charge in [0, 0.05) is 6.42 Å². The molecule has 21 heavy (non-hydrogen) atoms. The van der Waals surface area contributed by atoms with Crippen LogP contribution in [0.3, 0.4) is 0 Å². The van der Waals surface area contributed by atoms with Crippen LogP contribution in [0.25, 0.3) is 0 Å². The van der Waals surface area contributed by atoms with Gasteiger partial charge in [-0.15, -0.1) is 0 Å². The first-order valence-corrected chi connectivity index (χ1v) is 9.32. The lowest BCUT2D eigenvalue weighted by molar-refractivity contribution is -0.143. The van der Waals surface area contributed by atoms with Crippen LogP contribution in [0.15, 0.2) is 0 Å². The monoisotopic (exact) mass is 298 g/mol. The predicted molar refractivity (Wildman–Crippen MR) is 91.5 cm³/mol. The summed E-state index contributed by atoms with van der Waals surface area (Å²) < 4.78 is 5.27. The minimum atomic E-state index is 0.00448. The number of ether oxygens (including phenoxy) is 1. The Hall–Kier alpha value is -0.530. The molecule has 0 aromatic heterocycles. The molecule has 0 saturated heterocycles. The van der Waals surface area contributed by atoms with E-state index in [0.29, 0.717) is 13.0 Å². The molecule has 2 nitrogen and oxygen atoms in total. The van der Waals surface area contributed by atoms with Gasteiger partial charge in [0.15, 0.2) is 0 Å². The lowest BCUT2D eigenvalue weighted by Gasteiger charge is -2.06. The summed E-state index contributed by atoms with van der Waals surface area (Å²) in [5, 5.41) is 0. The van der Waals surface area contributed by atoms with Gasteiger partial charge in [-0.05, 0) is 18.8 Å². The molecule has 0 radical (unpaired) electrons. The zero-order valence-corrected chi connectivity index (χ0v) is 14.8. The zero-order chi connectivity index (χ0) is 15.8. The van der Waals surface area contributed by atoms with E-state index >= 15 is 0 Å². The standard InChI is InChI=1S/C19H38O2/c1-4-5-6-7-8-9-10-13-16-19(20)21-17-14-11-12-15-18(2)3/h18H,4-17H2,1-3H3. The molecule has 0 aliphatic heterocycles. The maximum absolute atomic E-state index is 11.5. The van der Waals surface area contributed by atoms with E-state index in [1.54, 1.807) is 0 Å². The lowest BCUT2D eigenvalue weighted by atomic mass is 10.1. The molecular formula is C19H38O2. The minimum Gasteiger partial charge on any atom is -0.466 e. The first-order chi connectivity index (χ1) is 10.2. The van der Waals surface area contributed by atoms with E-state index in [4.69, 9.17) is 4.74 Å². The number of unbranched alkanes of at least 4 members (excludes halogenated alkanes) is 9. The van der Waals surface area contributed by atoms with E-state index in [1.165, 1.54) is 64.2 Å². The third-order valence-electron chi connectivity index (χ3n) is 3.92. The van der Waals surface area contributed by atoms with Crippen molar-refractivity contribution in [2.45, 2.75) is 104 Å². The highest BCUT2D eigenvalue weighted by atomic mass is 16.5. The van der Waals surface area contributed by atoms with Crippen molar-refractivity contribution >= 4 is 5.97 Å². The lowest BCUT2D eigenvalue weighted by Crippen LogP contribution is -2.05. The van der Waals surface area contributed by atoms with Crippen LogP contribution in [0.4, 0.5) is 0 Å². The molecule has 0 atom stereocenters. The zero-order valence-electron chi connectivity index (χ0n) is 14.8. The van der Waals surface area contributed by atoms with Crippen LogP contribution >= 0.6 is 0 Å². The Labute approximate surface area is 133 Å². The van der Waals surface area contributed by atoms with E-state index in [9.17, 15) is 4.79 Å². The van der Waals surface area contributed by atoms with Gasteiger partial charge < -0.3 is 4.74 Å². The van der Waals surface area contributed by atoms with Gasteiger partial charge in [-0.1, -0.05) is 85.0 Å². The SMILES string of the molecule is CCCCCCCCCCC(=O)OCCCCCC(C)C.